The molecule has 5 heteroatoms. The second kappa shape index (κ2) is 6.70. The Morgan fingerprint density at radius 2 is 1.74 bits per heavy atom. The third-order valence-electron chi connectivity index (χ3n) is 3.29. The highest BCUT2D eigenvalue weighted by atomic mass is 16.5. The van der Waals surface area contributed by atoms with Crippen molar-refractivity contribution in [2.24, 2.45) is 0 Å². The van der Waals surface area contributed by atoms with E-state index in [0.29, 0.717) is 11.5 Å². The molecule has 1 aromatic heterocycles. The summed E-state index contributed by atoms with van der Waals surface area (Å²) in [5.41, 5.74) is 3.16. The van der Waals surface area contributed by atoms with E-state index in [-0.39, 0.29) is 5.97 Å². The minimum atomic E-state index is -0.362. The van der Waals surface area contributed by atoms with Crippen LogP contribution >= 0.6 is 0 Å². The Labute approximate surface area is 134 Å². The summed E-state index contributed by atoms with van der Waals surface area (Å²) in [4.78, 5) is 20.1. The predicted molar refractivity (Wildman–Crippen MR) is 88.5 cm³/mol. The molecule has 0 fully saturated rings. The van der Waals surface area contributed by atoms with E-state index in [1.54, 1.807) is 30.5 Å². The molecule has 0 radical (unpaired) electrons. The average Bonchev–Trinajstić information content (AvgIpc) is 2.63. The molecule has 1 N–H and O–H groups in total. The van der Waals surface area contributed by atoms with E-state index in [1.807, 2.05) is 36.4 Å². The van der Waals surface area contributed by atoms with Crippen molar-refractivity contribution < 1.29 is 9.53 Å². The quantitative estimate of drug-likeness (QED) is 0.745. The number of ether oxygens (including phenoxy) is 1. The summed E-state index contributed by atoms with van der Waals surface area (Å²) in [6.45, 7) is 0. The average molecular weight is 305 g/mol. The first-order valence-corrected chi connectivity index (χ1v) is 7.10. The number of nitrogens with zero attached hydrogens (tertiary/aromatic N) is 2. The number of carbonyl (C=O) groups is 1. The molecule has 3 aromatic rings. The highest BCUT2D eigenvalue weighted by molar-refractivity contribution is 5.89. The fourth-order valence-electron chi connectivity index (χ4n) is 2.13. The number of benzene rings is 2. The van der Waals surface area contributed by atoms with Gasteiger partial charge in [-0.2, -0.15) is 0 Å². The summed E-state index contributed by atoms with van der Waals surface area (Å²) >= 11 is 0. The molecule has 114 valence electrons. The van der Waals surface area contributed by atoms with Crippen LogP contribution in [0.5, 0.6) is 0 Å². The topological polar surface area (TPSA) is 64.1 Å². The number of nitrogens with one attached hydrogen (secondary N) is 1. The highest BCUT2D eigenvalue weighted by Crippen LogP contribution is 2.19. The van der Waals surface area contributed by atoms with Crippen molar-refractivity contribution >= 4 is 17.6 Å². The maximum Gasteiger partial charge on any atom is 0.337 e. The number of rotatable bonds is 4. The number of hydrogen-bond acceptors (Lipinski definition) is 5. The predicted octanol–water partition coefficient (Wildman–Crippen LogP) is 3.67. The van der Waals surface area contributed by atoms with Crippen molar-refractivity contribution in [1.82, 2.24) is 9.97 Å². The van der Waals surface area contributed by atoms with Gasteiger partial charge in [0.05, 0.1) is 18.4 Å². The normalized spacial score (nSPS) is 10.1. The highest BCUT2D eigenvalue weighted by Gasteiger charge is 2.06. The van der Waals surface area contributed by atoms with Crippen LogP contribution in [0.25, 0.3) is 11.3 Å². The Morgan fingerprint density at radius 3 is 2.43 bits per heavy atom. The smallest absolute Gasteiger partial charge is 0.337 e. The summed E-state index contributed by atoms with van der Waals surface area (Å²) in [5, 5.41) is 3.12. The van der Waals surface area contributed by atoms with Crippen LogP contribution in [0.2, 0.25) is 0 Å². The van der Waals surface area contributed by atoms with E-state index in [0.717, 1.165) is 16.9 Å². The molecule has 0 atom stereocenters. The van der Waals surface area contributed by atoms with Crippen LogP contribution in [-0.2, 0) is 4.74 Å². The summed E-state index contributed by atoms with van der Waals surface area (Å²) in [6.07, 6.45) is 1.71. The van der Waals surface area contributed by atoms with Crippen molar-refractivity contribution in [3.63, 3.8) is 0 Å². The SMILES string of the molecule is COC(=O)c1ccc(Nc2nccc(-c3ccccc3)n2)cc1. The van der Waals surface area contributed by atoms with Crippen molar-refractivity contribution in [1.29, 1.82) is 0 Å². The first-order chi connectivity index (χ1) is 11.3. The molecular weight excluding hydrogens is 290 g/mol. The second-order valence-electron chi connectivity index (χ2n) is 4.83. The Balaban J connectivity index is 1.79. The molecule has 1 heterocycles. The van der Waals surface area contributed by atoms with Crippen LogP contribution in [0, 0.1) is 0 Å². The van der Waals surface area contributed by atoms with Crippen LogP contribution in [-0.4, -0.2) is 23.0 Å². The van der Waals surface area contributed by atoms with Crippen LogP contribution in [0.4, 0.5) is 11.6 Å². The lowest BCUT2D eigenvalue weighted by atomic mass is 10.1. The van der Waals surface area contributed by atoms with Gasteiger partial charge in [0.2, 0.25) is 5.95 Å². The summed E-state index contributed by atoms with van der Waals surface area (Å²) in [5.74, 6) is 0.135. The minimum absolute atomic E-state index is 0.362. The van der Waals surface area contributed by atoms with Gasteiger partial charge in [-0.05, 0) is 30.3 Å². The maximum absolute atomic E-state index is 11.4. The number of hydrogen-bond donors (Lipinski definition) is 1. The lowest BCUT2D eigenvalue weighted by molar-refractivity contribution is 0.0601. The summed E-state index contributed by atoms with van der Waals surface area (Å²) in [6, 6.07) is 18.7. The molecule has 23 heavy (non-hydrogen) atoms. The molecule has 0 aliphatic carbocycles. The van der Waals surface area contributed by atoms with E-state index in [2.05, 4.69) is 20.0 Å². The van der Waals surface area contributed by atoms with E-state index >= 15 is 0 Å². The zero-order chi connectivity index (χ0) is 16.1. The number of carbonyl (C=O) groups excluding carboxylic acids is 1. The first kappa shape index (κ1) is 14.7. The molecular formula is C18H15N3O2. The maximum atomic E-state index is 11.4. The molecule has 0 unspecified atom stereocenters. The zero-order valence-corrected chi connectivity index (χ0v) is 12.6. The van der Waals surface area contributed by atoms with Crippen molar-refractivity contribution in [2.45, 2.75) is 0 Å². The molecule has 0 aliphatic heterocycles. The van der Waals surface area contributed by atoms with Gasteiger partial charge in [-0.3, -0.25) is 0 Å². The molecule has 2 aromatic carbocycles. The van der Waals surface area contributed by atoms with Crippen molar-refractivity contribution in [3.05, 3.63) is 72.4 Å². The van der Waals surface area contributed by atoms with Gasteiger partial charge in [0.1, 0.15) is 0 Å². The fourth-order valence-corrected chi connectivity index (χ4v) is 2.13. The van der Waals surface area contributed by atoms with Gasteiger partial charge >= 0.3 is 5.97 Å². The molecule has 0 aliphatic rings. The second-order valence-corrected chi connectivity index (χ2v) is 4.83. The lowest BCUT2D eigenvalue weighted by Gasteiger charge is -2.07. The van der Waals surface area contributed by atoms with Gasteiger partial charge in [-0.1, -0.05) is 30.3 Å². The van der Waals surface area contributed by atoms with Crippen LogP contribution in [0.15, 0.2) is 66.9 Å². The molecule has 0 bridgehead atoms. The molecule has 0 spiro atoms. The fraction of sp³-hybridized carbons (Fsp3) is 0.0556. The molecule has 3 rings (SSSR count). The number of methoxy groups -OCH3 is 1. The Hall–Kier alpha value is -3.21. The summed E-state index contributed by atoms with van der Waals surface area (Å²) in [7, 11) is 1.36. The number of esters is 1. The Morgan fingerprint density at radius 1 is 1.00 bits per heavy atom. The minimum Gasteiger partial charge on any atom is -0.465 e. The van der Waals surface area contributed by atoms with Gasteiger partial charge in [-0.15, -0.1) is 0 Å². The third kappa shape index (κ3) is 3.52. The lowest BCUT2D eigenvalue weighted by Crippen LogP contribution is -2.02. The van der Waals surface area contributed by atoms with Crippen molar-refractivity contribution in [2.75, 3.05) is 12.4 Å². The standard InChI is InChI=1S/C18H15N3O2/c1-23-17(22)14-7-9-15(10-8-14)20-18-19-12-11-16(21-18)13-5-3-2-4-6-13/h2-12H,1H3,(H,19,20,21). The molecule has 0 saturated carbocycles. The van der Waals surface area contributed by atoms with Gasteiger partial charge < -0.3 is 10.1 Å². The van der Waals surface area contributed by atoms with Crippen LogP contribution in [0.3, 0.4) is 0 Å². The third-order valence-corrected chi connectivity index (χ3v) is 3.29. The number of aromatic nitrogens is 2. The molecule has 0 amide bonds. The van der Waals surface area contributed by atoms with Crippen LogP contribution < -0.4 is 5.32 Å². The van der Waals surface area contributed by atoms with E-state index in [9.17, 15) is 4.79 Å². The van der Waals surface area contributed by atoms with E-state index < -0.39 is 0 Å². The first-order valence-electron chi connectivity index (χ1n) is 7.10. The van der Waals surface area contributed by atoms with E-state index in [4.69, 9.17) is 0 Å². The molecule has 0 saturated heterocycles. The monoisotopic (exact) mass is 305 g/mol. The Kier molecular flexibility index (Phi) is 4.29. The number of anilines is 2. The van der Waals surface area contributed by atoms with Crippen molar-refractivity contribution in [3.8, 4) is 11.3 Å². The van der Waals surface area contributed by atoms with Gasteiger partial charge in [-0.25, -0.2) is 14.8 Å². The van der Waals surface area contributed by atoms with Gasteiger partial charge in [0.25, 0.3) is 0 Å². The molecule has 5 nitrogen and oxygen atoms in total. The largest absolute Gasteiger partial charge is 0.465 e. The zero-order valence-electron chi connectivity index (χ0n) is 12.6. The van der Waals surface area contributed by atoms with Gasteiger partial charge in [0, 0.05) is 17.4 Å². The summed E-state index contributed by atoms with van der Waals surface area (Å²) < 4.78 is 4.68. The Bertz CT molecular complexity index is 802. The van der Waals surface area contributed by atoms with Crippen LogP contribution in [0.1, 0.15) is 10.4 Å². The van der Waals surface area contributed by atoms with Gasteiger partial charge in [0.15, 0.2) is 0 Å². The van der Waals surface area contributed by atoms with E-state index in [1.165, 1.54) is 7.11 Å².